The minimum atomic E-state index is 0.378. The van der Waals surface area contributed by atoms with Gasteiger partial charge in [-0.3, -0.25) is 4.90 Å². The van der Waals surface area contributed by atoms with Crippen molar-refractivity contribution >= 4 is 22.7 Å². The van der Waals surface area contributed by atoms with Crippen LogP contribution in [0.2, 0.25) is 0 Å². The molecule has 6 rings (SSSR count). The van der Waals surface area contributed by atoms with Crippen molar-refractivity contribution in [3.8, 4) is 11.5 Å². The third-order valence-electron chi connectivity index (χ3n) is 10.0. The minimum Gasteiger partial charge on any atom is -0.493 e. The molecule has 0 spiro atoms. The first-order chi connectivity index (χ1) is 22.6. The molecule has 0 atom stereocenters. The van der Waals surface area contributed by atoms with E-state index in [9.17, 15) is 0 Å². The van der Waals surface area contributed by atoms with Crippen molar-refractivity contribution in [3.63, 3.8) is 0 Å². The first kappa shape index (κ1) is 32.8. The van der Waals surface area contributed by atoms with Gasteiger partial charge < -0.3 is 29.5 Å². The maximum absolute atomic E-state index is 6.37. The van der Waals surface area contributed by atoms with Gasteiger partial charge in [-0.1, -0.05) is 36.8 Å². The van der Waals surface area contributed by atoms with Gasteiger partial charge in [-0.15, -0.1) is 0 Å². The Bertz CT molecular complexity index is 1370. The Morgan fingerprint density at radius 2 is 1.61 bits per heavy atom. The lowest BCUT2D eigenvalue weighted by atomic mass is 10.0. The summed E-state index contributed by atoms with van der Waals surface area (Å²) in [5.74, 6) is 3.21. The summed E-state index contributed by atoms with van der Waals surface area (Å²) >= 11 is 0. The standard InChI is InChI=1S/C37H55N7O2/c1-29(2)43-21-14-31(15-22-43)38-36-32-26-34(45-3)35(46-25-11-19-41-16-8-5-9-17-41)27-33(32)39-37(40-36)44-20-10-18-42(23-24-44)28-30-12-6-4-7-13-30/h4,6-7,12-13,26-27,29,31H,5,8-11,14-25,28H2,1-3H3,(H,38,39,40). The number of rotatable bonds is 12. The second kappa shape index (κ2) is 16.1. The Balaban J connectivity index is 1.21. The van der Waals surface area contributed by atoms with Crippen molar-refractivity contribution in [1.82, 2.24) is 24.7 Å². The smallest absolute Gasteiger partial charge is 0.227 e. The van der Waals surface area contributed by atoms with E-state index in [-0.39, 0.29) is 0 Å². The fourth-order valence-electron chi connectivity index (χ4n) is 7.23. The van der Waals surface area contributed by atoms with E-state index >= 15 is 0 Å². The molecule has 0 saturated carbocycles. The number of anilines is 2. The van der Waals surface area contributed by atoms with Gasteiger partial charge in [-0.2, -0.15) is 4.98 Å². The Morgan fingerprint density at radius 1 is 0.826 bits per heavy atom. The van der Waals surface area contributed by atoms with Crippen LogP contribution in [-0.4, -0.2) is 109 Å². The number of benzene rings is 2. The number of hydrogen-bond acceptors (Lipinski definition) is 9. The van der Waals surface area contributed by atoms with E-state index in [4.69, 9.17) is 19.4 Å². The van der Waals surface area contributed by atoms with E-state index in [0.29, 0.717) is 18.7 Å². The molecule has 3 fully saturated rings. The molecule has 9 heteroatoms. The number of methoxy groups -OCH3 is 1. The van der Waals surface area contributed by atoms with E-state index in [1.54, 1.807) is 7.11 Å². The summed E-state index contributed by atoms with van der Waals surface area (Å²) in [6, 6.07) is 15.9. The Hall–Kier alpha value is -3.14. The van der Waals surface area contributed by atoms with E-state index in [1.165, 1.54) is 37.9 Å². The number of fused-ring (bicyclic) bond motifs is 1. The third-order valence-corrected chi connectivity index (χ3v) is 10.0. The van der Waals surface area contributed by atoms with Crippen LogP contribution in [0.15, 0.2) is 42.5 Å². The Labute approximate surface area is 276 Å². The molecule has 3 saturated heterocycles. The summed E-state index contributed by atoms with van der Waals surface area (Å²) in [4.78, 5) is 20.5. The number of aromatic nitrogens is 2. The van der Waals surface area contributed by atoms with Crippen molar-refractivity contribution < 1.29 is 9.47 Å². The van der Waals surface area contributed by atoms with Gasteiger partial charge in [0.25, 0.3) is 0 Å². The van der Waals surface area contributed by atoms with Gasteiger partial charge in [-0.05, 0) is 77.1 Å². The molecular weight excluding hydrogens is 574 g/mol. The molecule has 9 nitrogen and oxygen atoms in total. The molecule has 0 bridgehead atoms. The normalized spacial score (nSPS) is 19.4. The number of nitrogens with one attached hydrogen (secondary N) is 1. The quantitative estimate of drug-likeness (QED) is 0.247. The van der Waals surface area contributed by atoms with E-state index in [0.717, 1.165) is 112 Å². The van der Waals surface area contributed by atoms with Gasteiger partial charge in [0.2, 0.25) is 5.95 Å². The second-order valence-electron chi connectivity index (χ2n) is 13.6. The fourth-order valence-corrected chi connectivity index (χ4v) is 7.23. The second-order valence-corrected chi connectivity index (χ2v) is 13.6. The third kappa shape index (κ3) is 8.60. The molecule has 4 heterocycles. The lowest BCUT2D eigenvalue weighted by molar-refractivity contribution is 0.177. The molecule has 0 aliphatic carbocycles. The topological polar surface area (TPSA) is 69.2 Å². The largest absolute Gasteiger partial charge is 0.493 e. The molecule has 0 amide bonds. The van der Waals surface area contributed by atoms with Crippen LogP contribution < -0.4 is 19.7 Å². The number of hydrogen-bond donors (Lipinski definition) is 1. The summed E-state index contributed by atoms with van der Waals surface area (Å²) in [6.45, 7) is 15.9. The first-order valence-corrected chi connectivity index (χ1v) is 17.8. The molecule has 250 valence electrons. The van der Waals surface area contributed by atoms with Gasteiger partial charge in [0, 0.05) is 75.9 Å². The average Bonchev–Trinajstić information content (AvgIpc) is 3.33. The molecule has 1 aromatic heterocycles. The van der Waals surface area contributed by atoms with E-state index in [2.05, 4.69) is 81.2 Å². The van der Waals surface area contributed by atoms with E-state index in [1.807, 2.05) is 0 Å². The van der Waals surface area contributed by atoms with Crippen molar-refractivity contribution in [1.29, 1.82) is 0 Å². The zero-order valence-corrected chi connectivity index (χ0v) is 28.4. The zero-order chi connectivity index (χ0) is 31.7. The van der Waals surface area contributed by atoms with Crippen LogP contribution >= 0.6 is 0 Å². The molecule has 0 radical (unpaired) electrons. The summed E-state index contributed by atoms with van der Waals surface area (Å²) in [5, 5.41) is 4.86. The number of likely N-dealkylation sites (tertiary alicyclic amines) is 2. The van der Waals surface area contributed by atoms with Crippen molar-refractivity contribution in [2.45, 2.75) is 77.4 Å². The molecule has 46 heavy (non-hydrogen) atoms. The lowest BCUT2D eigenvalue weighted by Crippen LogP contribution is -2.42. The minimum absolute atomic E-state index is 0.378. The van der Waals surface area contributed by atoms with Crippen LogP contribution in [0.4, 0.5) is 11.8 Å². The average molecular weight is 630 g/mol. The van der Waals surface area contributed by atoms with Crippen LogP contribution in [0.3, 0.4) is 0 Å². The van der Waals surface area contributed by atoms with Gasteiger partial charge in [0.05, 0.1) is 19.2 Å². The zero-order valence-electron chi connectivity index (χ0n) is 28.4. The maximum Gasteiger partial charge on any atom is 0.227 e. The highest BCUT2D eigenvalue weighted by Gasteiger charge is 2.24. The van der Waals surface area contributed by atoms with E-state index < -0.39 is 0 Å². The molecule has 3 aliphatic rings. The van der Waals surface area contributed by atoms with Crippen molar-refractivity contribution in [2.24, 2.45) is 0 Å². The lowest BCUT2D eigenvalue weighted by Gasteiger charge is -2.35. The highest BCUT2D eigenvalue weighted by atomic mass is 16.5. The van der Waals surface area contributed by atoms with Gasteiger partial charge >= 0.3 is 0 Å². The number of ether oxygens (including phenoxy) is 2. The van der Waals surface area contributed by atoms with Crippen molar-refractivity contribution in [3.05, 3.63) is 48.0 Å². The van der Waals surface area contributed by atoms with Gasteiger partial charge in [0.1, 0.15) is 5.82 Å². The number of piperidine rings is 2. The van der Waals surface area contributed by atoms with Gasteiger partial charge in [0.15, 0.2) is 11.5 Å². The summed E-state index contributed by atoms with van der Waals surface area (Å²) in [7, 11) is 1.73. The van der Waals surface area contributed by atoms with Gasteiger partial charge in [-0.25, -0.2) is 4.98 Å². The predicted octanol–water partition coefficient (Wildman–Crippen LogP) is 5.89. The molecule has 1 N–H and O–H groups in total. The molecule has 3 aliphatic heterocycles. The monoisotopic (exact) mass is 629 g/mol. The fraction of sp³-hybridized carbons (Fsp3) is 0.622. The van der Waals surface area contributed by atoms with Crippen LogP contribution in [0.1, 0.15) is 64.4 Å². The summed E-state index contributed by atoms with van der Waals surface area (Å²) < 4.78 is 12.2. The summed E-state index contributed by atoms with van der Waals surface area (Å²) in [6.07, 6.45) is 8.29. The highest BCUT2D eigenvalue weighted by Crippen LogP contribution is 2.36. The van der Waals surface area contributed by atoms with Crippen LogP contribution in [0, 0.1) is 0 Å². The molecule has 2 aromatic carbocycles. The van der Waals surface area contributed by atoms with Crippen molar-refractivity contribution in [2.75, 3.05) is 82.8 Å². The molecule has 3 aromatic rings. The predicted molar refractivity (Wildman–Crippen MR) is 188 cm³/mol. The number of nitrogens with zero attached hydrogens (tertiary/aromatic N) is 6. The SMILES string of the molecule is COc1cc2c(NC3CCN(C(C)C)CC3)nc(N3CCCN(Cc4ccccc4)CC3)nc2cc1OCCCN1CCCCC1. The summed E-state index contributed by atoms with van der Waals surface area (Å²) in [5.41, 5.74) is 2.27. The molecular formula is C37H55N7O2. The Morgan fingerprint density at radius 3 is 2.37 bits per heavy atom. The van der Waals surface area contributed by atoms with Crippen LogP contribution in [0.5, 0.6) is 11.5 Å². The maximum atomic E-state index is 6.37. The van der Waals surface area contributed by atoms with Crippen LogP contribution in [0.25, 0.3) is 10.9 Å². The first-order valence-electron chi connectivity index (χ1n) is 17.8. The Kier molecular flexibility index (Phi) is 11.5. The highest BCUT2D eigenvalue weighted by molar-refractivity contribution is 5.93. The van der Waals surface area contributed by atoms with Crippen LogP contribution in [-0.2, 0) is 6.54 Å². The molecule has 0 unspecified atom stereocenters.